The predicted octanol–water partition coefficient (Wildman–Crippen LogP) is 2.27. The van der Waals surface area contributed by atoms with Gasteiger partial charge < -0.3 is 30.5 Å². The third-order valence-electron chi connectivity index (χ3n) is 6.52. The second kappa shape index (κ2) is 9.27. The lowest BCUT2D eigenvalue weighted by Crippen LogP contribution is -2.55. The van der Waals surface area contributed by atoms with Crippen LogP contribution in [0.25, 0.3) is 0 Å². The van der Waals surface area contributed by atoms with Gasteiger partial charge in [-0.1, -0.05) is 44.2 Å². The summed E-state index contributed by atoms with van der Waals surface area (Å²) in [4.78, 5) is 0. The molecule has 168 valence electrons. The van der Waals surface area contributed by atoms with Crippen LogP contribution in [0.4, 0.5) is 5.69 Å². The van der Waals surface area contributed by atoms with Gasteiger partial charge in [0.25, 0.3) is 0 Å². The number of anilines is 1. The van der Waals surface area contributed by atoms with Crippen LogP contribution in [0.5, 0.6) is 0 Å². The summed E-state index contributed by atoms with van der Waals surface area (Å²) in [6, 6.07) is 12.6. The molecule has 5 unspecified atom stereocenters. The molecular formula is C25H33NO5. The van der Waals surface area contributed by atoms with Crippen molar-refractivity contribution in [3.8, 4) is 0 Å². The van der Waals surface area contributed by atoms with Gasteiger partial charge in [0, 0.05) is 12.2 Å². The molecule has 6 heteroatoms. The van der Waals surface area contributed by atoms with Crippen LogP contribution < -0.4 is 5.32 Å². The summed E-state index contributed by atoms with van der Waals surface area (Å²) in [6.45, 7) is 4.88. The number of hydrogen-bond donors (Lipinski definition) is 5. The van der Waals surface area contributed by atoms with Gasteiger partial charge in [-0.3, -0.25) is 0 Å². The van der Waals surface area contributed by atoms with Gasteiger partial charge in [0.1, 0.15) is 30.5 Å². The van der Waals surface area contributed by atoms with Gasteiger partial charge in [-0.15, -0.1) is 0 Å². The van der Waals surface area contributed by atoms with E-state index in [1.54, 1.807) is 0 Å². The molecule has 31 heavy (non-hydrogen) atoms. The first-order valence-electron chi connectivity index (χ1n) is 11.2. The zero-order chi connectivity index (χ0) is 22.1. The van der Waals surface area contributed by atoms with Gasteiger partial charge >= 0.3 is 0 Å². The van der Waals surface area contributed by atoms with Gasteiger partial charge in [-0.25, -0.2) is 0 Å². The molecule has 0 bridgehead atoms. The van der Waals surface area contributed by atoms with E-state index in [1.807, 2.05) is 18.2 Å². The van der Waals surface area contributed by atoms with Crippen LogP contribution in [-0.4, -0.2) is 58.0 Å². The van der Waals surface area contributed by atoms with E-state index >= 15 is 0 Å². The Morgan fingerprint density at radius 1 is 1.03 bits per heavy atom. The zero-order valence-corrected chi connectivity index (χ0v) is 18.2. The fourth-order valence-electron chi connectivity index (χ4n) is 4.73. The number of aliphatic hydroxyl groups is 4. The van der Waals surface area contributed by atoms with Crippen molar-refractivity contribution in [2.75, 3.05) is 18.5 Å². The number of aryl methyl sites for hydroxylation is 1. The van der Waals surface area contributed by atoms with Crippen LogP contribution in [0.2, 0.25) is 0 Å². The average molecular weight is 428 g/mol. The van der Waals surface area contributed by atoms with Gasteiger partial charge in [-0.05, 0) is 59.1 Å². The molecule has 5 atom stereocenters. The van der Waals surface area contributed by atoms with Crippen molar-refractivity contribution in [3.63, 3.8) is 0 Å². The first-order valence-corrected chi connectivity index (χ1v) is 11.2. The lowest BCUT2D eigenvalue weighted by atomic mass is 9.86. The monoisotopic (exact) mass is 427 g/mol. The Morgan fingerprint density at radius 2 is 1.84 bits per heavy atom. The minimum atomic E-state index is -1.38. The molecule has 4 rings (SSSR count). The molecule has 6 nitrogen and oxygen atoms in total. The largest absolute Gasteiger partial charge is 0.394 e. The van der Waals surface area contributed by atoms with E-state index < -0.39 is 37.1 Å². The maximum atomic E-state index is 10.5. The van der Waals surface area contributed by atoms with Crippen molar-refractivity contribution in [1.82, 2.24) is 0 Å². The molecule has 2 aromatic carbocycles. The summed E-state index contributed by atoms with van der Waals surface area (Å²) in [7, 11) is 0. The molecule has 2 aromatic rings. The summed E-state index contributed by atoms with van der Waals surface area (Å²) < 4.78 is 5.78. The van der Waals surface area contributed by atoms with E-state index in [-0.39, 0.29) is 0 Å². The fourth-order valence-corrected chi connectivity index (χ4v) is 4.73. The zero-order valence-electron chi connectivity index (χ0n) is 18.2. The number of rotatable bonds is 5. The standard InChI is InChI=1S/C25H33NO5/c1-14(2)19-8-7-17(25-24(30)23(29)22(28)21(13-27)31-25)12-18(19)10-15-5-6-16-4-3-9-26-20(16)11-15/h5-8,11-12,14,21-30H,3-4,9-10,13H2,1-2H3. The Hall–Kier alpha value is -1.96. The van der Waals surface area contributed by atoms with Crippen molar-refractivity contribution in [1.29, 1.82) is 0 Å². The third kappa shape index (κ3) is 4.49. The molecule has 0 amide bonds. The van der Waals surface area contributed by atoms with Crippen LogP contribution >= 0.6 is 0 Å². The van der Waals surface area contributed by atoms with E-state index in [9.17, 15) is 20.4 Å². The Labute approximate surface area is 183 Å². The highest BCUT2D eigenvalue weighted by atomic mass is 16.5. The van der Waals surface area contributed by atoms with Crippen molar-refractivity contribution < 1.29 is 25.2 Å². The van der Waals surface area contributed by atoms with Crippen molar-refractivity contribution >= 4 is 5.69 Å². The Bertz CT molecular complexity index is 913. The Morgan fingerprint density at radius 3 is 2.58 bits per heavy atom. The molecule has 2 aliphatic rings. The summed E-state index contributed by atoms with van der Waals surface area (Å²) in [6.07, 6.45) is -2.73. The van der Waals surface area contributed by atoms with E-state index in [1.165, 1.54) is 22.4 Å². The molecule has 0 aromatic heterocycles. The number of nitrogens with one attached hydrogen (secondary N) is 1. The first kappa shape index (κ1) is 22.2. The van der Waals surface area contributed by atoms with Crippen LogP contribution in [0, 0.1) is 0 Å². The number of aliphatic hydroxyl groups excluding tert-OH is 4. The van der Waals surface area contributed by atoms with Crippen LogP contribution in [0.15, 0.2) is 36.4 Å². The van der Waals surface area contributed by atoms with Crippen molar-refractivity contribution in [2.45, 2.75) is 69.5 Å². The lowest BCUT2D eigenvalue weighted by Gasteiger charge is -2.40. The van der Waals surface area contributed by atoms with E-state index in [2.05, 4.69) is 37.4 Å². The Balaban J connectivity index is 1.65. The molecule has 1 saturated heterocycles. The lowest BCUT2D eigenvalue weighted by molar-refractivity contribution is -0.231. The molecule has 0 spiro atoms. The molecule has 0 aliphatic carbocycles. The van der Waals surface area contributed by atoms with Gasteiger partial charge in [-0.2, -0.15) is 0 Å². The normalized spacial score (nSPS) is 28.3. The highest BCUT2D eigenvalue weighted by Gasteiger charge is 2.44. The third-order valence-corrected chi connectivity index (χ3v) is 6.52. The van der Waals surface area contributed by atoms with Crippen LogP contribution in [-0.2, 0) is 17.6 Å². The van der Waals surface area contributed by atoms with Crippen LogP contribution in [0.1, 0.15) is 60.1 Å². The van der Waals surface area contributed by atoms with Gasteiger partial charge in [0.2, 0.25) is 0 Å². The molecular weight excluding hydrogens is 394 g/mol. The van der Waals surface area contributed by atoms with Crippen molar-refractivity contribution in [2.24, 2.45) is 0 Å². The van der Waals surface area contributed by atoms with Gasteiger partial charge in [0.05, 0.1) is 6.61 Å². The minimum Gasteiger partial charge on any atom is -0.394 e. The molecule has 5 N–H and O–H groups in total. The quantitative estimate of drug-likeness (QED) is 0.502. The molecule has 0 saturated carbocycles. The van der Waals surface area contributed by atoms with Gasteiger partial charge in [0.15, 0.2) is 0 Å². The highest BCUT2D eigenvalue weighted by molar-refractivity contribution is 5.55. The van der Waals surface area contributed by atoms with Crippen molar-refractivity contribution in [3.05, 3.63) is 64.2 Å². The second-order valence-electron chi connectivity index (χ2n) is 9.06. The second-order valence-corrected chi connectivity index (χ2v) is 9.06. The first-order chi connectivity index (χ1) is 14.9. The minimum absolute atomic E-state index is 0.328. The van der Waals surface area contributed by atoms with E-state index in [0.717, 1.165) is 36.9 Å². The summed E-state index contributed by atoms with van der Waals surface area (Å²) in [5.41, 5.74) is 6.86. The van der Waals surface area contributed by atoms with E-state index in [4.69, 9.17) is 4.74 Å². The maximum absolute atomic E-state index is 10.5. The molecule has 1 fully saturated rings. The fraction of sp³-hybridized carbons (Fsp3) is 0.520. The summed E-state index contributed by atoms with van der Waals surface area (Å²) in [5.74, 6) is 0.328. The van der Waals surface area contributed by atoms with Crippen LogP contribution in [0.3, 0.4) is 0 Å². The highest BCUT2D eigenvalue weighted by Crippen LogP contribution is 2.35. The molecule has 0 radical (unpaired) electrons. The smallest absolute Gasteiger partial charge is 0.113 e. The maximum Gasteiger partial charge on any atom is 0.113 e. The number of hydrogen-bond acceptors (Lipinski definition) is 6. The Kier molecular flexibility index (Phi) is 6.65. The SMILES string of the molecule is CC(C)c1ccc(C2OC(CO)C(O)C(O)C2O)cc1Cc1ccc2c(c1)NCCC2. The number of ether oxygens (including phenoxy) is 1. The number of fused-ring (bicyclic) bond motifs is 1. The number of benzene rings is 2. The average Bonchev–Trinajstić information content (AvgIpc) is 2.77. The molecule has 2 aliphatic heterocycles. The predicted molar refractivity (Wildman–Crippen MR) is 119 cm³/mol. The summed E-state index contributed by atoms with van der Waals surface area (Å²) in [5, 5.41) is 43.8. The summed E-state index contributed by atoms with van der Waals surface area (Å²) >= 11 is 0. The molecule has 2 heterocycles. The van der Waals surface area contributed by atoms with E-state index in [0.29, 0.717) is 5.92 Å². The topological polar surface area (TPSA) is 102 Å².